The number of hydrogen-bond donors (Lipinski definition) is 3. The molecule has 2 aromatic carbocycles. The largest absolute Gasteiger partial charge is 0.497 e. The molecule has 0 amide bonds. The van der Waals surface area contributed by atoms with Gasteiger partial charge < -0.3 is 30.4 Å². The van der Waals surface area contributed by atoms with E-state index in [1.165, 1.54) is 0 Å². The summed E-state index contributed by atoms with van der Waals surface area (Å²) in [7, 11) is 3.21. The number of hydrogen-bond acceptors (Lipinski definition) is 7. The third kappa shape index (κ3) is 2.94. The lowest BCUT2D eigenvalue weighted by Gasteiger charge is -2.42. The number of ketones is 1. The van der Waals surface area contributed by atoms with Gasteiger partial charge in [0.1, 0.15) is 34.3 Å². The minimum Gasteiger partial charge on any atom is -0.497 e. The molecular formula is C23H25N5O3. The van der Waals surface area contributed by atoms with Crippen LogP contribution in [0.15, 0.2) is 48.3 Å². The molecule has 0 aliphatic carbocycles. The maximum Gasteiger partial charge on any atom is 0.196 e. The molecule has 1 saturated heterocycles. The van der Waals surface area contributed by atoms with Crippen molar-refractivity contribution >= 4 is 28.1 Å². The third-order valence-corrected chi connectivity index (χ3v) is 6.23. The molecule has 0 atom stereocenters. The number of imidazole rings is 1. The van der Waals surface area contributed by atoms with Crippen molar-refractivity contribution in [1.82, 2.24) is 15.3 Å². The van der Waals surface area contributed by atoms with Crippen LogP contribution in [0.2, 0.25) is 0 Å². The molecule has 1 fully saturated rings. The van der Waals surface area contributed by atoms with Crippen LogP contribution in [0.3, 0.4) is 0 Å². The predicted octanol–water partition coefficient (Wildman–Crippen LogP) is 2.42. The van der Waals surface area contributed by atoms with E-state index < -0.39 is 5.54 Å². The van der Waals surface area contributed by atoms with Crippen LogP contribution in [0.1, 0.15) is 18.7 Å². The molecule has 4 N–H and O–H groups in total. The minimum atomic E-state index is -0.777. The summed E-state index contributed by atoms with van der Waals surface area (Å²) in [5, 5.41) is 3.35. The molecule has 160 valence electrons. The first kappa shape index (κ1) is 19.4. The van der Waals surface area contributed by atoms with Crippen LogP contribution in [-0.4, -0.2) is 48.6 Å². The van der Waals surface area contributed by atoms with Crippen molar-refractivity contribution < 1.29 is 14.3 Å². The lowest BCUT2D eigenvalue weighted by Crippen LogP contribution is -2.56. The second kappa shape index (κ2) is 7.31. The number of rotatable bonds is 4. The molecule has 0 radical (unpaired) electrons. The highest BCUT2D eigenvalue weighted by Crippen LogP contribution is 2.46. The normalized spacial score (nSPS) is 18.3. The van der Waals surface area contributed by atoms with Gasteiger partial charge in [-0.15, -0.1) is 0 Å². The van der Waals surface area contributed by atoms with Gasteiger partial charge in [-0.3, -0.25) is 4.79 Å². The van der Waals surface area contributed by atoms with Gasteiger partial charge in [-0.25, -0.2) is 4.98 Å². The van der Waals surface area contributed by atoms with E-state index >= 15 is 0 Å². The molecule has 3 aromatic rings. The molecule has 8 nitrogen and oxygen atoms in total. The summed E-state index contributed by atoms with van der Waals surface area (Å²) < 4.78 is 10.9. The fourth-order valence-corrected chi connectivity index (χ4v) is 4.69. The number of anilines is 1. The molecule has 2 aliphatic rings. The van der Waals surface area contributed by atoms with Crippen molar-refractivity contribution in [2.45, 2.75) is 18.4 Å². The summed E-state index contributed by atoms with van der Waals surface area (Å²) in [5.41, 5.74) is 8.79. The average molecular weight is 419 g/mol. The number of H-pyrrole nitrogens is 1. The number of benzene rings is 2. The van der Waals surface area contributed by atoms with E-state index in [2.05, 4.69) is 15.3 Å². The number of fused-ring (bicyclic) bond motifs is 1. The summed E-state index contributed by atoms with van der Waals surface area (Å²) in [6.07, 6.45) is 1.27. The number of aromatic nitrogens is 2. The van der Waals surface area contributed by atoms with Gasteiger partial charge in [-0.05, 0) is 38.1 Å². The zero-order chi connectivity index (χ0) is 21.6. The quantitative estimate of drug-likeness (QED) is 0.596. The van der Waals surface area contributed by atoms with Gasteiger partial charge in [0.25, 0.3) is 0 Å². The number of nitrogens with one attached hydrogen (secondary N) is 2. The number of methoxy groups -OCH3 is 2. The first-order chi connectivity index (χ1) is 15.1. The Hall–Kier alpha value is -3.52. The number of ether oxygens (including phenoxy) is 2. The van der Waals surface area contributed by atoms with Gasteiger partial charge in [-0.1, -0.05) is 12.1 Å². The lowest BCUT2D eigenvalue weighted by atomic mass is 9.82. The molecule has 1 spiro atoms. The highest BCUT2D eigenvalue weighted by molar-refractivity contribution is 6.30. The van der Waals surface area contributed by atoms with Gasteiger partial charge >= 0.3 is 0 Å². The second-order valence-corrected chi connectivity index (χ2v) is 7.88. The monoisotopic (exact) mass is 419 g/mol. The number of carbonyl (C=O) groups is 1. The summed E-state index contributed by atoms with van der Waals surface area (Å²) >= 11 is 0. The molecule has 0 saturated carbocycles. The van der Waals surface area contributed by atoms with Crippen LogP contribution >= 0.6 is 0 Å². The van der Waals surface area contributed by atoms with Crippen LogP contribution in [-0.2, 0) is 4.79 Å². The number of nitrogens with two attached hydrogens (primary N) is 1. The van der Waals surface area contributed by atoms with Crippen molar-refractivity contribution in [3.8, 4) is 11.5 Å². The molecule has 31 heavy (non-hydrogen) atoms. The first-order valence-electron chi connectivity index (χ1n) is 10.3. The van der Waals surface area contributed by atoms with E-state index in [0.29, 0.717) is 41.6 Å². The number of piperidine rings is 1. The maximum absolute atomic E-state index is 13.9. The summed E-state index contributed by atoms with van der Waals surface area (Å²) in [6.45, 7) is 1.45. The Bertz CT molecular complexity index is 1140. The smallest absolute Gasteiger partial charge is 0.196 e. The lowest BCUT2D eigenvalue weighted by molar-refractivity contribution is -0.118. The Morgan fingerprint density at radius 3 is 2.39 bits per heavy atom. The van der Waals surface area contributed by atoms with Crippen molar-refractivity contribution in [3.63, 3.8) is 0 Å². The van der Waals surface area contributed by atoms with Crippen LogP contribution in [0.25, 0.3) is 16.6 Å². The van der Waals surface area contributed by atoms with Gasteiger partial charge in [0.15, 0.2) is 5.78 Å². The topological polar surface area (TPSA) is 106 Å². The van der Waals surface area contributed by atoms with Crippen LogP contribution < -0.4 is 25.4 Å². The molecule has 0 bridgehead atoms. The number of aromatic amines is 1. The highest BCUT2D eigenvalue weighted by atomic mass is 16.5. The highest BCUT2D eigenvalue weighted by Gasteiger charge is 2.54. The van der Waals surface area contributed by atoms with E-state index in [9.17, 15) is 4.79 Å². The second-order valence-electron chi connectivity index (χ2n) is 7.88. The molecule has 3 heterocycles. The minimum absolute atomic E-state index is 0.00709. The zero-order valence-corrected chi connectivity index (χ0v) is 17.6. The average Bonchev–Trinajstić information content (AvgIpc) is 3.30. The molecular weight excluding hydrogens is 394 g/mol. The number of para-hydroxylation sites is 2. The van der Waals surface area contributed by atoms with E-state index in [0.717, 1.165) is 29.8 Å². The Labute approximate surface area is 180 Å². The van der Waals surface area contributed by atoms with Gasteiger partial charge in [0.2, 0.25) is 0 Å². The SMILES string of the molecule is COc1cc(OC)cc(N2C(N)=C(c3nc4ccccc4[nH]3)C(=O)C23CCNCC3)c1. The van der Waals surface area contributed by atoms with E-state index in [4.69, 9.17) is 15.2 Å². The fourth-order valence-electron chi connectivity index (χ4n) is 4.69. The molecule has 1 aromatic heterocycles. The van der Waals surface area contributed by atoms with Crippen LogP contribution in [0.4, 0.5) is 5.69 Å². The van der Waals surface area contributed by atoms with Crippen molar-refractivity contribution in [3.05, 3.63) is 54.1 Å². The van der Waals surface area contributed by atoms with Gasteiger partial charge in [-0.2, -0.15) is 0 Å². The summed E-state index contributed by atoms with van der Waals surface area (Å²) in [5.74, 6) is 2.15. The van der Waals surface area contributed by atoms with E-state index in [-0.39, 0.29) is 5.78 Å². The molecule has 0 unspecified atom stereocenters. The Morgan fingerprint density at radius 1 is 1.06 bits per heavy atom. The number of nitrogens with zero attached hydrogens (tertiary/aromatic N) is 2. The van der Waals surface area contributed by atoms with E-state index in [1.807, 2.05) is 41.3 Å². The third-order valence-electron chi connectivity index (χ3n) is 6.23. The Morgan fingerprint density at radius 2 is 1.74 bits per heavy atom. The van der Waals surface area contributed by atoms with E-state index in [1.54, 1.807) is 20.3 Å². The first-order valence-corrected chi connectivity index (χ1v) is 10.3. The molecule has 2 aliphatic heterocycles. The molecule has 8 heteroatoms. The number of Topliss-reactive ketones (excluding diaryl/α,β-unsaturated/α-hetero) is 1. The predicted molar refractivity (Wildman–Crippen MR) is 119 cm³/mol. The zero-order valence-electron chi connectivity index (χ0n) is 17.6. The summed E-state index contributed by atoms with van der Waals surface area (Å²) in [4.78, 5) is 23.8. The Kier molecular flexibility index (Phi) is 4.59. The van der Waals surface area contributed by atoms with Crippen LogP contribution in [0, 0.1) is 0 Å². The maximum atomic E-state index is 13.9. The number of carbonyl (C=O) groups excluding carboxylic acids is 1. The Balaban J connectivity index is 1.71. The van der Waals surface area contributed by atoms with Gasteiger partial charge in [0, 0.05) is 18.2 Å². The molecule has 5 rings (SSSR count). The fraction of sp³-hybridized carbons (Fsp3) is 0.304. The van der Waals surface area contributed by atoms with Crippen molar-refractivity contribution in [1.29, 1.82) is 0 Å². The van der Waals surface area contributed by atoms with Crippen molar-refractivity contribution in [2.24, 2.45) is 5.73 Å². The standard InChI is InChI=1S/C23H25N5O3/c1-30-15-11-14(12-16(13-15)31-2)28-21(24)19(20(29)23(28)7-9-25-10-8-23)22-26-17-5-3-4-6-18(17)27-22/h3-6,11-13,25H,7-10,24H2,1-2H3,(H,26,27). The summed E-state index contributed by atoms with van der Waals surface area (Å²) in [6, 6.07) is 13.3. The van der Waals surface area contributed by atoms with Gasteiger partial charge in [0.05, 0.1) is 30.9 Å². The van der Waals surface area contributed by atoms with Crippen LogP contribution in [0.5, 0.6) is 11.5 Å². The van der Waals surface area contributed by atoms with Crippen molar-refractivity contribution in [2.75, 3.05) is 32.2 Å².